The van der Waals surface area contributed by atoms with Crippen molar-refractivity contribution in [3.63, 3.8) is 0 Å². The van der Waals surface area contributed by atoms with Gasteiger partial charge in [0.1, 0.15) is 10.4 Å². The summed E-state index contributed by atoms with van der Waals surface area (Å²) in [6.45, 7) is 3.21. The fourth-order valence-corrected chi connectivity index (χ4v) is 1.39. The zero-order valence-corrected chi connectivity index (χ0v) is 9.45. The molecule has 0 amide bonds. The molecule has 0 unspecified atom stereocenters. The summed E-state index contributed by atoms with van der Waals surface area (Å²) >= 11 is 3.25. The molecule has 4 nitrogen and oxygen atoms in total. The van der Waals surface area contributed by atoms with Crippen molar-refractivity contribution < 1.29 is 0 Å². The number of nitrogens with zero attached hydrogens (tertiary/aromatic N) is 3. The van der Waals surface area contributed by atoms with Crippen molar-refractivity contribution in [2.45, 2.75) is 6.92 Å². The van der Waals surface area contributed by atoms with Crippen LogP contribution >= 0.6 is 15.9 Å². The minimum Gasteiger partial charge on any atom is -0.383 e. The molecule has 0 aliphatic carbocycles. The van der Waals surface area contributed by atoms with E-state index < -0.39 is 0 Å². The van der Waals surface area contributed by atoms with Gasteiger partial charge in [0.15, 0.2) is 0 Å². The standard InChI is InChI=1S/C9H11BrN4/c1-3-5-14(4-2)9-12-7(10)6-8(11)13-9/h1,6H,4-5H2,2H3,(H2,11,12,13). The van der Waals surface area contributed by atoms with Gasteiger partial charge in [0, 0.05) is 12.6 Å². The van der Waals surface area contributed by atoms with Gasteiger partial charge in [-0.3, -0.25) is 0 Å². The Morgan fingerprint density at radius 2 is 2.36 bits per heavy atom. The summed E-state index contributed by atoms with van der Waals surface area (Å²) in [7, 11) is 0. The molecule has 2 N–H and O–H groups in total. The molecule has 0 fully saturated rings. The number of aromatic nitrogens is 2. The molecule has 5 heteroatoms. The van der Waals surface area contributed by atoms with Crippen LogP contribution in [0, 0.1) is 12.3 Å². The van der Waals surface area contributed by atoms with Crippen LogP contribution < -0.4 is 10.6 Å². The second-order valence-corrected chi connectivity index (χ2v) is 3.45. The third kappa shape index (κ3) is 2.60. The Kier molecular flexibility index (Phi) is 3.72. The normalized spacial score (nSPS) is 9.50. The maximum absolute atomic E-state index is 5.59. The maximum Gasteiger partial charge on any atom is 0.229 e. The van der Waals surface area contributed by atoms with E-state index in [1.165, 1.54) is 0 Å². The van der Waals surface area contributed by atoms with Crippen LogP contribution in [-0.2, 0) is 0 Å². The maximum atomic E-state index is 5.59. The molecular weight excluding hydrogens is 244 g/mol. The fraction of sp³-hybridized carbons (Fsp3) is 0.333. The summed E-state index contributed by atoms with van der Waals surface area (Å²) in [5.74, 6) is 3.53. The van der Waals surface area contributed by atoms with Gasteiger partial charge in [0.2, 0.25) is 5.95 Å². The SMILES string of the molecule is C#CCN(CC)c1nc(N)cc(Br)n1. The number of rotatable bonds is 3. The first kappa shape index (κ1) is 10.8. The molecular formula is C9H11BrN4. The highest BCUT2D eigenvalue weighted by Gasteiger charge is 2.07. The quantitative estimate of drug-likeness (QED) is 0.653. The van der Waals surface area contributed by atoms with Crippen LogP contribution in [0.1, 0.15) is 6.92 Å². The first-order chi connectivity index (χ1) is 6.67. The number of terminal acetylenes is 1. The number of hydrogen-bond acceptors (Lipinski definition) is 4. The van der Waals surface area contributed by atoms with E-state index in [-0.39, 0.29) is 0 Å². The molecule has 0 atom stereocenters. The van der Waals surface area contributed by atoms with Crippen molar-refractivity contribution in [3.05, 3.63) is 10.7 Å². The average Bonchev–Trinajstić information content (AvgIpc) is 2.12. The first-order valence-corrected chi connectivity index (χ1v) is 4.95. The van der Waals surface area contributed by atoms with Gasteiger partial charge < -0.3 is 10.6 Å². The number of anilines is 2. The second kappa shape index (κ2) is 4.82. The highest BCUT2D eigenvalue weighted by atomic mass is 79.9. The predicted molar refractivity (Wildman–Crippen MR) is 60.9 cm³/mol. The van der Waals surface area contributed by atoms with E-state index in [1.54, 1.807) is 6.07 Å². The highest BCUT2D eigenvalue weighted by molar-refractivity contribution is 9.10. The number of hydrogen-bond donors (Lipinski definition) is 1. The van der Waals surface area contributed by atoms with Crippen LogP contribution in [-0.4, -0.2) is 23.1 Å². The Balaban J connectivity index is 2.98. The Morgan fingerprint density at radius 1 is 1.64 bits per heavy atom. The van der Waals surface area contributed by atoms with Crippen LogP contribution in [0.5, 0.6) is 0 Å². The zero-order chi connectivity index (χ0) is 10.6. The average molecular weight is 255 g/mol. The van der Waals surface area contributed by atoms with Gasteiger partial charge in [-0.05, 0) is 22.9 Å². The van der Waals surface area contributed by atoms with Gasteiger partial charge in [-0.2, -0.15) is 4.98 Å². The molecule has 0 radical (unpaired) electrons. The topological polar surface area (TPSA) is 55.0 Å². The molecule has 14 heavy (non-hydrogen) atoms. The molecule has 1 aromatic heterocycles. The smallest absolute Gasteiger partial charge is 0.229 e. The summed E-state index contributed by atoms with van der Waals surface area (Å²) in [5.41, 5.74) is 5.59. The number of halogens is 1. The lowest BCUT2D eigenvalue weighted by Crippen LogP contribution is -2.25. The third-order valence-electron chi connectivity index (χ3n) is 1.65. The lowest BCUT2D eigenvalue weighted by Gasteiger charge is -2.17. The van der Waals surface area contributed by atoms with Crippen molar-refractivity contribution in [3.8, 4) is 12.3 Å². The molecule has 0 saturated heterocycles. The summed E-state index contributed by atoms with van der Waals surface area (Å²) in [5, 5.41) is 0. The summed E-state index contributed by atoms with van der Waals surface area (Å²) in [4.78, 5) is 10.1. The third-order valence-corrected chi connectivity index (χ3v) is 2.06. The number of nitrogens with two attached hydrogens (primary N) is 1. The van der Waals surface area contributed by atoms with E-state index in [0.717, 1.165) is 6.54 Å². The van der Waals surface area contributed by atoms with Crippen molar-refractivity contribution in [2.75, 3.05) is 23.7 Å². The van der Waals surface area contributed by atoms with E-state index in [9.17, 15) is 0 Å². The van der Waals surface area contributed by atoms with E-state index in [0.29, 0.717) is 22.9 Å². The van der Waals surface area contributed by atoms with Crippen molar-refractivity contribution in [1.82, 2.24) is 9.97 Å². The Morgan fingerprint density at radius 3 is 2.86 bits per heavy atom. The fourth-order valence-electron chi connectivity index (χ4n) is 0.998. The van der Waals surface area contributed by atoms with E-state index in [4.69, 9.17) is 12.2 Å². The predicted octanol–water partition coefficient (Wildman–Crippen LogP) is 1.28. The molecule has 1 heterocycles. The molecule has 1 aromatic rings. The molecule has 0 bridgehead atoms. The summed E-state index contributed by atoms with van der Waals surface area (Å²) in [6.07, 6.45) is 5.23. The van der Waals surface area contributed by atoms with Crippen LogP contribution in [0.4, 0.5) is 11.8 Å². The molecule has 74 valence electrons. The molecule has 0 spiro atoms. The van der Waals surface area contributed by atoms with Gasteiger partial charge in [-0.25, -0.2) is 4.98 Å². The minimum atomic E-state index is 0.428. The van der Waals surface area contributed by atoms with Gasteiger partial charge in [0.25, 0.3) is 0 Å². The van der Waals surface area contributed by atoms with Gasteiger partial charge in [-0.1, -0.05) is 5.92 Å². The van der Waals surface area contributed by atoms with Crippen LogP contribution in [0.3, 0.4) is 0 Å². The van der Waals surface area contributed by atoms with Crippen molar-refractivity contribution in [2.24, 2.45) is 0 Å². The summed E-state index contributed by atoms with van der Waals surface area (Å²) < 4.78 is 0.662. The monoisotopic (exact) mass is 254 g/mol. The lowest BCUT2D eigenvalue weighted by atomic mass is 10.5. The minimum absolute atomic E-state index is 0.428. The second-order valence-electron chi connectivity index (χ2n) is 2.63. The molecule has 0 saturated carbocycles. The molecule has 0 aliphatic rings. The first-order valence-electron chi connectivity index (χ1n) is 4.15. The van der Waals surface area contributed by atoms with E-state index >= 15 is 0 Å². The molecule has 1 rings (SSSR count). The number of nitrogen functional groups attached to an aromatic ring is 1. The largest absolute Gasteiger partial charge is 0.383 e. The van der Waals surface area contributed by atoms with E-state index in [2.05, 4.69) is 31.8 Å². The Bertz CT molecular complexity index is 338. The Hall–Kier alpha value is -1.28. The van der Waals surface area contributed by atoms with Gasteiger partial charge >= 0.3 is 0 Å². The van der Waals surface area contributed by atoms with Crippen LogP contribution in [0.2, 0.25) is 0 Å². The van der Waals surface area contributed by atoms with Crippen molar-refractivity contribution >= 4 is 27.7 Å². The van der Waals surface area contributed by atoms with E-state index in [1.807, 2.05) is 11.8 Å². The van der Waals surface area contributed by atoms with Crippen LogP contribution in [0.15, 0.2) is 10.7 Å². The zero-order valence-electron chi connectivity index (χ0n) is 7.87. The molecule has 0 aromatic carbocycles. The van der Waals surface area contributed by atoms with Gasteiger partial charge in [0.05, 0.1) is 6.54 Å². The van der Waals surface area contributed by atoms with Crippen LogP contribution in [0.25, 0.3) is 0 Å². The Labute approximate surface area is 91.7 Å². The van der Waals surface area contributed by atoms with Gasteiger partial charge in [-0.15, -0.1) is 6.42 Å². The highest BCUT2D eigenvalue weighted by Crippen LogP contribution is 2.15. The summed E-state index contributed by atoms with van der Waals surface area (Å²) in [6, 6.07) is 1.65. The lowest BCUT2D eigenvalue weighted by molar-refractivity contribution is 0.860. The molecule has 0 aliphatic heterocycles. The van der Waals surface area contributed by atoms with Crippen molar-refractivity contribution in [1.29, 1.82) is 0 Å².